The quantitative estimate of drug-likeness (QED) is 0.343. The lowest BCUT2D eigenvalue weighted by atomic mass is 9.95. The van der Waals surface area contributed by atoms with Gasteiger partial charge in [0.2, 0.25) is 5.91 Å². The number of rotatable bonds is 7. The van der Waals surface area contributed by atoms with Crippen LogP contribution in [-0.2, 0) is 9.59 Å². The number of allylic oxidation sites excluding steroid dienone is 1. The summed E-state index contributed by atoms with van der Waals surface area (Å²) in [4.78, 5) is 28.1. The van der Waals surface area contributed by atoms with Gasteiger partial charge in [-0.25, -0.2) is 0 Å². The molecule has 1 aromatic carbocycles. The largest absolute Gasteiger partial charge is 0.353 e. The van der Waals surface area contributed by atoms with Crippen LogP contribution in [0.2, 0.25) is 14.4 Å². The van der Waals surface area contributed by atoms with Crippen LogP contribution in [0.1, 0.15) is 31.6 Å². The van der Waals surface area contributed by atoms with Crippen molar-refractivity contribution in [2.45, 2.75) is 26.7 Å². The average molecular weight is 499 g/mol. The molecule has 1 unspecified atom stereocenters. The third kappa shape index (κ3) is 5.50. The van der Waals surface area contributed by atoms with Crippen LogP contribution in [0.4, 0.5) is 5.69 Å². The van der Waals surface area contributed by atoms with Gasteiger partial charge in [0.15, 0.2) is 5.78 Å². The monoisotopic (exact) mass is 497 g/mol. The second kappa shape index (κ2) is 10.2. The highest BCUT2D eigenvalue weighted by molar-refractivity contribution is 7.17. The molecule has 5 nitrogen and oxygen atoms in total. The smallest absolute Gasteiger partial charge is 0.233 e. The molecule has 2 aromatic rings. The first-order valence-corrected chi connectivity index (χ1v) is 11.7. The number of halogens is 3. The van der Waals surface area contributed by atoms with Crippen molar-refractivity contribution in [2.24, 2.45) is 5.92 Å². The first-order chi connectivity index (χ1) is 14.7. The van der Waals surface area contributed by atoms with Crippen LogP contribution >= 0.6 is 46.1 Å². The highest BCUT2D eigenvalue weighted by atomic mass is 35.5. The van der Waals surface area contributed by atoms with E-state index in [0.29, 0.717) is 44.4 Å². The van der Waals surface area contributed by atoms with Crippen molar-refractivity contribution in [1.29, 1.82) is 5.41 Å². The van der Waals surface area contributed by atoms with Crippen LogP contribution in [0, 0.1) is 11.3 Å². The highest BCUT2D eigenvalue weighted by Crippen LogP contribution is 2.34. The normalized spacial score (nSPS) is 15.5. The van der Waals surface area contributed by atoms with Gasteiger partial charge in [0.1, 0.15) is 11.6 Å². The predicted octanol–water partition coefficient (Wildman–Crippen LogP) is 6.40. The summed E-state index contributed by atoms with van der Waals surface area (Å²) in [5.74, 6) is -1.65. The molecule has 1 fully saturated rings. The maximum absolute atomic E-state index is 13.0. The Kier molecular flexibility index (Phi) is 7.81. The van der Waals surface area contributed by atoms with Crippen LogP contribution in [0.5, 0.6) is 0 Å². The Morgan fingerprint density at radius 3 is 2.39 bits per heavy atom. The minimum Gasteiger partial charge on any atom is -0.353 e. The second-order valence-electron chi connectivity index (χ2n) is 7.35. The molecule has 164 valence electrons. The average Bonchev–Trinajstić information content (AvgIpc) is 3.42. The molecule has 1 atom stereocenters. The van der Waals surface area contributed by atoms with Crippen molar-refractivity contribution < 1.29 is 9.59 Å². The fraction of sp³-hybridized carbons (Fsp3) is 0.318. The molecule has 9 heteroatoms. The Morgan fingerprint density at radius 2 is 1.81 bits per heavy atom. The molecule has 0 spiro atoms. The van der Waals surface area contributed by atoms with Crippen molar-refractivity contribution >= 4 is 74.9 Å². The summed E-state index contributed by atoms with van der Waals surface area (Å²) in [6.45, 7) is 4.56. The Morgan fingerprint density at radius 1 is 1.13 bits per heavy atom. The van der Waals surface area contributed by atoms with Crippen molar-refractivity contribution in [3.8, 4) is 0 Å². The summed E-state index contributed by atoms with van der Waals surface area (Å²) in [5, 5.41) is 12.6. The van der Waals surface area contributed by atoms with E-state index in [0.717, 1.165) is 17.7 Å². The fourth-order valence-corrected chi connectivity index (χ4v) is 4.92. The van der Waals surface area contributed by atoms with Crippen LogP contribution < -0.4 is 5.32 Å². The van der Waals surface area contributed by atoms with Gasteiger partial charge in [-0.05, 0) is 57.0 Å². The molecule has 1 aliphatic heterocycles. The maximum atomic E-state index is 13.0. The minimum atomic E-state index is -0.909. The van der Waals surface area contributed by atoms with Crippen molar-refractivity contribution in [3.63, 3.8) is 0 Å². The molecule has 0 saturated carbocycles. The number of likely N-dealkylation sites (tertiary alicyclic amines) is 1. The van der Waals surface area contributed by atoms with E-state index in [1.54, 1.807) is 49.1 Å². The molecule has 0 aliphatic carbocycles. The number of amides is 1. The number of hydrogen-bond donors (Lipinski definition) is 2. The van der Waals surface area contributed by atoms with Crippen molar-refractivity contribution in [3.05, 3.63) is 55.2 Å². The number of benzene rings is 1. The molecule has 1 amide bonds. The standard InChI is InChI=1S/C22H22Cl3N3O2S/c1-12(19(26)21(29)13(2)22(30)28-9-3-4-10-28)20(17-7-8-18(25)31-17)27-16-6-5-14(23)11-15(16)24/h5-8,11,13,26-27H,3-4,9-10H2,1-2H3/b20-12-,26-19?. The number of Topliss-reactive ketones (excluding diaryl/α,β-unsaturated/α-hetero) is 1. The number of ketones is 1. The topological polar surface area (TPSA) is 73.3 Å². The Balaban J connectivity index is 1.93. The molecule has 0 radical (unpaired) electrons. The van der Waals surface area contributed by atoms with E-state index in [1.807, 2.05) is 0 Å². The van der Waals surface area contributed by atoms with Gasteiger partial charge in [-0.3, -0.25) is 15.0 Å². The summed E-state index contributed by atoms with van der Waals surface area (Å²) in [5.41, 5.74) is 1.28. The molecule has 0 bridgehead atoms. The van der Waals surface area contributed by atoms with Crippen LogP contribution in [0.25, 0.3) is 5.70 Å². The second-order valence-corrected chi connectivity index (χ2v) is 9.90. The summed E-state index contributed by atoms with van der Waals surface area (Å²) in [6, 6.07) is 8.56. The number of carbonyl (C=O) groups is 2. The van der Waals surface area contributed by atoms with E-state index < -0.39 is 11.7 Å². The maximum Gasteiger partial charge on any atom is 0.233 e. The van der Waals surface area contributed by atoms with Gasteiger partial charge in [-0.2, -0.15) is 0 Å². The van der Waals surface area contributed by atoms with Gasteiger partial charge >= 0.3 is 0 Å². The van der Waals surface area contributed by atoms with Gasteiger partial charge in [-0.1, -0.05) is 34.8 Å². The van der Waals surface area contributed by atoms with Crippen molar-refractivity contribution in [1.82, 2.24) is 4.90 Å². The molecule has 1 aromatic heterocycles. The fourth-order valence-electron chi connectivity index (χ4n) is 3.36. The molecule has 2 N–H and O–H groups in total. The number of thiophene rings is 1. The van der Waals surface area contributed by atoms with E-state index in [4.69, 9.17) is 40.2 Å². The minimum absolute atomic E-state index is 0.225. The first-order valence-electron chi connectivity index (χ1n) is 9.79. The van der Waals surface area contributed by atoms with E-state index in [2.05, 4.69) is 5.32 Å². The van der Waals surface area contributed by atoms with E-state index in [9.17, 15) is 9.59 Å². The molecule has 2 heterocycles. The molecule has 31 heavy (non-hydrogen) atoms. The van der Waals surface area contributed by atoms with Crippen LogP contribution in [0.15, 0.2) is 35.9 Å². The summed E-state index contributed by atoms with van der Waals surface area (Å²) < 4.78 is 0.569. The lowest BCUT2D eigenvalue weighted by molar-refractivity contribution is -0.137. The predicted molar refractivity (Wildman–Crippen MR) is 130 cm³/mol. The summed E-state index contributed by atoms with van der Waals surface area (Å²) in [7, 11) is 0. The third-order valence-electron chi connectivity index (χ3n) is 5.19. The number of nitrogens with one attached hydrogen (secondary N) is 2. The Hall–Kier alpha value is -1.86. The third-order valence-corrected chi connectivity index (χ3v) is 6.98. The van der Waals surface area contributed by atoms with E-state index in [-0.39, 0.29) is 11.6 Å². The van der Waals surface area contributed by atoms with Gasteiger partial charge in [0.05, 0.1) is 25.6 Å². The summed E-state index contributed by atoms with van der Waals surface area (Å²) >= 11 is 19.7. The van der Waals surface area contributed by atoms with Crippen LogP contribution in [0.3, 0.4) is 0 Å². The van der Waals surface area contributed by atoms with Crippen LogP contribution in [-0.4, -0.2) is 35.4 Å². The Bertz CT molecular complexity index is 1060. The van der Waals surface area contributed by atoms with Gasteiger partial charge in [-0.15, -0.1) is 11.3 Å². The molecule has 1 aliphatic rings. The van der Waals surface area contributed by atoms with Gasteiger partial charge in [0.25, 0.3) is 0 Å². The molecular formula is C22H22Cl3N3O2S. The lowest BCUT2D eigenvalue weighted by Crippen LogP contribution is -2.38. The SMILES string of the molecule is C/C(C(=N)C(=O)C(C)C(=O)N1CCCC1)=C(/Nc1ccc(Cl)cc1Cl)c1ccc(Cl)s1. The molecular weight excluding hydrogens is 477 g/mol. The van der Waals surface area contributed by atoms with E-state index >= 15 is 0 Å². The summed E-state index contributed by atoms with van der Waals surface area (Å²) in [6.07, 6.45) is 1.89. The zero-order valence-electron chi connectivity index (χ0n) is 17.1. The van der Waals surface area contributed by atoms with Gasteiger partial charge in [0, 0.05) is 23.7 Å². The van der Waals surface area contributed by atoms with E-state index in [1.165, 1.54) is 11.3 Å². The molecule has 1 saturated heterocycles. The Labute approximate surface area is 200 Å². The zero-order valence-corrected chi connectivity index (χ0v) is 20.2. The molecule has 3 rings (SSSR count). The van der Waals surface area contributed by atoms with Gasteiger partial charge < -0.3 is 10.2 Å². The van der Waals surface area contributed by atoms with Crippen molar-refractivity contribution in [2.75, 3.05) is 18.4 Å². The zero-order chi connectivity index (χ0) is 22.7. The highest BCUT2D eigenvalue weighted by Gasteiger charge is 2.31. The number of anilines is 1. The number of hydrogen-bond acceptors (Lipinski definition) is 5. The first kappa shape index (κ1) is 23.8. The lowest BCUT2D eigenvalue weighted by Gasteiger charge is -2.21. The number of carbonyl (C=O) groups excluding carboxylic acids is 2. The number of nitrogens with zero attached hydrogens (tertiary/aromatic N) is 1.